The van der Waals surface area contributed by atoms with E-state index in [1.54, 1.807) is 19.4 Å². The smallest absolute Gasteiger partial charge is 0.343 e. The Bertz CT molecular complexity index is 1070. The second-order valence-corrected chi connectivity index (χ2v) is 8.75. The van der Waals surface area contributed by atoms with Crippen molar-refractivity contribution in [3.63, 3.8) is 0 Å². The van der Waals surface area contributed by atoms with Gasteiger partial charge in [-0.15, -0.1) is 0 Å². The fourth-order valence-corrected chi connectivity index (χ4v) is 5.23. The van der Waals surface area contributed by atoms with E-state index in [0.29, 0.717) is 12.5 Å². The topological polar surface area (TPSA) is 69.0 Å². The summed E-state index contributed by atoms with van der Waals surface area (Å²) >= 11 is 0. The molecule has 5 rings (SSSR count). The predicted octanol–water partition coefficient (Wildman–Crippen LogP) is 4.23. The van der Waals surface area contributed by atoms with Crippen molar-refractivity contribution < 1.29 is 23.5 Å². The number of nitrogens with zero attached hydrogens (tertiary/aromatic N) is 1. The first-order valence-corrected chi connectivity index (χ1v) is 11.0. The SMILES string of the molecule is CCOC(=O)C1=CN2C(CC1=O)c1c(cc(-c3ccco3)c3c1CCO3)CC2C(C)C. The lowest BCUT2D eigenvalue weighted by Gasteiger charge is -2.47. The minimum Gasteiger partial charge on any atom is -0.492 e. The van der Waals surface area contributed by atoms with Crippen molar-refractivity contribution in [2.75, 3.05) is 13.2 Å². The van der Waals surface area contributed by atoms with E-state index >= 15 is 0 Å². The standard InChI is InChI=1S/C25H27NO5/c1-4-29-25(28)18-13-26-19(14(2)3)11-15-10-17(22-6-5-8-30-22)24-16(7-9-31-24)23(15)20(26)12-21(18)27/h5-6,8,10,13-14,19-20H,4,7,9,11-12H2,1-3H3. The number of rotatable bonds is 4. The Morgan fingerprint density at radius 1 is 1.32 bits per heavy atom. The lowest BCUT2D eigenvalue weighted by molar-refractivity contribution is -0.140. The van der Waals surface area contributed by atoms with Crippen LogP contribution in [-0.2, 0) is 27.2 Å². The van der Waals surface area contributed by atoms with E-state index in [-0.39, 0.29) is 36.5 Å². The molecule has 1 aromatic carbocycles. The maximum atomic E-state index is 13.0. The summed E-state index contributed by atoms with van der Waals surface area (Å²) in [5, 5.41) is 0. The Kier molecular flexibility index (Phi) is 4.88. The highest BCUT2D eigenvalue weighted by Crippen LogP contribution is 2.49. The molecule has 0 spiro atoms. The number of ether oxygens (including phenoxy) is 2. The highest BCUT2D eigenvalue weighted by Gasteiger charge is 2.43. The van der Waals surface area contributed by atoms with Gasteiger partial charge < -0.3 is 18.8 Å². The summed E-state index contributed by atoms with van der Waals surface area (Å²) in [5.41, 5.74) is 4.75. The summed E-state index contributed by atoms with van der Waals surface area (Å²) in [7, 11) is 0. The first kappa shape index (κ1) is 19.9. The van der Waals surface area contributed by atoms with Crippen LogP contribution in [0.3, 0.4) is 0 Å². The average Bonchev–Trinajstić information content (AvgIpc) is 3.44. The number of carbonyl (C=O) groups excluding carboxylic acids is 2. The molecule has 0 bridgehead atoms. The summed E-state index contributed by atoms with van der Waals surface area (Å²) in [6.07, 6.45) is 5.35. The van der Waals surface area contributed by atoms with Crippen molar-refractivity contribution in [2.24, 2.45) is 5.92 Å². The molecule has 4 heterocycles. The van der Waals surface area contributed by atoms with Crippen molar-refractivity contribution in [1.82, 2.24) is 4.90 Å². The van der Waals surface area contributed by atoms with E-state index in [1.807, 2.05) is 12.1 Å². The second kappa shape index (κ2) is 7.59. The number of carbonyl (C=O) groups is 2. The number of hydrogen-bond acceptors (Lipinski definition) is 6. The van der Waals surface area contributed by atoms with Gasteiger partial charge in [0.1, 0.15) is 17.1 Å². The molecule has 0 fully saturated rings. The summed E-state index contributed by atoms with van der Waals surface area (Å²) in [6.45, 7) is 7.00. The molecular formula is C25H27NO5. The van der Waals surface area contributed by atoms with Crippen molar-refractivity contribution in [2.45, 2.75) is 52.1 Å². The number of Topliss-reactive ketones (excluding diaryl/α,β-unsaturated/α-hetero) is 1. The second-order valence-electron chi connectivity index (χ2n) is 8.75. The van der Waals surface area contributed by atoms with E-state index in [2.05, 4.69) is 24.8 Å². The molecule has 0 amide bonds. The third kappa shape index (κ3) is 3.16. The molecule has 3 aliphatic heterocycles. The van der Waals surface area contributed by atoms with Gasteiger partial charge in [0.15, 0.2) is 5.78 Å². The molecule has 1 aromatic heterocycles. The van der Waals surface area contributed by atoms with Crippen molar-refractivity contribution >= 4 is 11.8 Å². The van der Waals surface area contributed by atoms with Crippen LogP contribution < -0.4 is 4.74 Å². The van der Waals surface area contributed by atoms with Crippen molar-refractivity contribution in [3.8, 4) is 17.1 Å². The molecule has 2 atom stereocenters. The maximum absolute atomic E-state index is 13.0. The van der Waals surface area contributed by atoms with Crippen LogP contribution in [-0.4, -0.2) is 35.9 Å². The molecule has 3 aliphatic rings. The molecular weight excluding hydrogens is 394 g/mol. The molecule has 0 aliphatic carbocycles. The Morgan fingerprint density at radius 3 is 2.87 bits per heavy atom. The monoisotopic (exact) mass is 421 g/mol. The Morgan fingerprint density at radius 2 is 2.16 bits per heavy atom. The van der Waals surface area contributed by atoms with Crippen molar-refractivity contribution in [1.29, 1.82) is 0 Å². The van der Waals surface area contributed by atoms with Gasteiger partial charge in [-0.3, -0.25) is 4.79 Å². The number of esters is 1. The highest BCUT2D eigenvalue weighted by atomic mass is 16.5. The zero-order valence-corrected chi connectivity index (χ0v) is 18.1. The minimum atomic E-state index is -0.527. The average molecular weight is 421 g/mol. The van der Waals surface area contributed by atoms with E-state index in [4.69, 9.17) is 13.9 Å². The van der Waals surface area contributed by atoms with E-state index < -0.39 is 5.97 Å². The van der Waals surface area contributed by atoms with E-state index in [0.717, 1.165) is 29.9 Å². The number of benzene rings is 1. The Balaban J connectivity index is 1.66. The van der Waals surface area contributed by atoms with Gasteiger partial charge in [0.2, 0.25) is 0 Å². The number of ketones is 1. The van der Waals surface area contributed by atoms with Crippen LogP contribution in [0.5, 0.6) is 5.75 Å². The van der Waals surface area contributed by atoms with Crippen LogP contribution in [0.1, 0.15) is 49.9 Å². The van der Waals surface area contributed by atoms with Crippen molar-refractivity contribution in [3.05, 3.63) is 52.9 Å². The summed E-state index contributed by atoms with van der Waals surface area (Å²) < 4.78 is 16.9. The Labute approximate surface area is 181 Å². The quantitative estimate of drug-likeness (QED) is 0.544. The highest BCUT2D eigenvalue weighted by molar-refractivity contribution is 6.17. The number of fused-ring (bicyclic) bond motifs is 5. The van der Waals surface area contributed by atoms with Gasteiger partial charge in [-0.1, -0.05) is 13.8 Å². The molecule has 2 aromatic rings. The molecule has 31 heavy (non-hydrogen) atoms. The largest absolute Gasteiger partial charge is 0.492 e. The van der Waals surface area contributed by atoms with Crippen LogP contribution >= 0.6 is 0 Å². The van der Waals surface area contributed by atoms with Crippen LogP contribution in [0.2, 0.25) is 0 Å². The van der Waals surface area contributed by atoms with Gasteiger partial charge in [-0.05, 0) is 48.6 Å². The lowest BCUT2D eigenvalue weighted by Crippen LogP contribution is -2.47. The van der Waals surface area contributed by atoms with E-state index in [1.165, 1.54) is 16.7 Å². The fourth-order valence-electron chi connectivity index (χ4n) is 5.23. The first-order valence-electron chi connectivity index (χ1n) is 11.0. The van der Waals surface area contributed by atoms with Gasteiger partial charge in [0.25, 0.3) is 0 Å². The van der Waals surface area contributed by atoms with Crippen LogP contribution in [0.25, 0.3) is 11.3 Å². The molecule has 0 saturated heterocycles. The van der Waals surface area contributed by atoms with Crippen LogP contribution in [0.15, 0.2) is 40.7 Å². The van der Waals surface area contributed by atoms with Gasteiger partial charge in [-0.25, -0.2) is 4.79 Å². The molecule has 2 unspecified atom stereocenters. The molecule has 0 radical (unpaired) electrons. The number of hydrogen-bond donors (Lipinski definition) is 0. The third-order valence-electron chi connectivity index (χ3n) is 6.62. The number of furan rings is 1. The minimum absolute atomic E-state index is 0.0945. The molecule has 6 nitrogen and oxygen atoms in total. The fraction of sp³-hybridized carbons (Fsp3) is 0.440. The summed E-state index contributed by atoms with van der Waals surface area (Å²) in [6, 6.07) is 6.11. The predicted molar refractivity (Wildman–Crippen MR) is 115 cm³/mol. The molecule has 0 saturated carbocycles. The Hall–Kier alpha value is -3.02. The summed E-state index contributed by atoms with van der Waals surface area (Å²) in [4.78, 5) is 27.6. The van der Waals surface area contributed by atoms with Crippen LogP contribution in [0, 0.1) is 5.92 Å². The summed E-state index contributed by atoms with van der Waals surface area (Å²) in [5.74, 6) is 1.33. The van der Waals surface area contributed by atoms with E-state index in [9.17, 15) is 9.59 Å². The van der Waals surface area contributed by atoms with Gasteiger partial charge in [0, 0.05) is 30.6 Å². The van der Waals surface area contributed by atoms with Gasteiger partial charge >= 0.3 is 5.97 Å². The third-order valence-corrected chi connectivity index (χ3v) is 6.62. The molecule has 6 heteroatoms. The van der Waals surface area contributed by atoms with Gasteiger partial charge in [0.05, 0.1) is 31.1 Å². The molecule has 162 valence electrons. The normalized spacial score (nSPS) is 21.9. The maximum Gasteiger partial charge on any atom is 0.343 e. The first-order chi connectivity index (χ1) is 15.0. The van der Waals surface area contributed by atoms with Gasteiger partial charge in [-0.2, -0.15) is 0 Å². The lowest BCUT2D eigenvalue weighted by atomic mass is 9.77. The zero-order chi connectivity index (χ0) is 21.7. The zero-order valence-electron chi connectivity index (χ0n) is 18.1. The molecule has 0 N–H and O–H groups in total. The van der Waals surface area contributed by atoms with Crippen LogP contribution in [0.4, 0.5) is 0 Å².